The maximum absolute atomic E-state index is 12.7. The van der Waals surface area contributed by atoms with Gasteiger partial charge in [-0.15, -0.1) is 0 Å². The van der Waals surface area contributed by atoms with Gasteiger partial charge in [0, 0.05) is 39.3 Å². The van der Waals surface area contributed by atoms with Gasteiger partial charge in [0.25, 0.3) is 10.2 Å². The van der Waals surface area contributed by atoms with E-state index >= 15 is 0 Å². The average molecular weight is 319 g/mol. The third-order valence-electron chi connectivity index (χ3n) is 4.18. The van der Waals surface area contributed by atoms with Crippen LogP contribution in [-0.4, -0.2) is 78.8 Å². The van der Waals surface area contributed by atoms with Crippen LogP contribution >= 0.6 is 0 Å². The van der Waals surface area contributed by atoms with Crippen molar-refractivity contribution in [2.75, 3.05) is 45.8 Å². The second kappa shape index (κ2) is 6.60. The number of carboxylic acid groups (broad SMARTS) is 1. The summed E-state index contributed by atoms with van der Waals surface area (Å²) in [6.07, 6.45) is 1.07. The summed E-state index contributed by atoms with van der Waals surface area (Å²) in [5.74, 6) is -0.0985. The van der Waals surface area contributed by atoms with Crippen LogP contribution in [0.5, 0.6) is 0 Å². The highest BCUT2D eigenvalue weighted by Gasteiger charge is 2.36. The summed E-state index contributed by atoms with van der Waals surface area (Å²) in [6.45, 7) is 7.01. The Hall–Kier alpha value is -0.700. The number of rotatable bonds is 4. The first-order valence-electron chi connectivity index (χ1n) is 7.48. The maximum atomic E-state index is 12.7. The van der Waals surface area contributed by atoms with Crippen molar-refractivity contribution in [3.8, 4) is 0 Å². The third-order valence-corrected chi connectivity index (χ3v) is 6.15. The van der Waals surface area contributed by atoms with Crippen LogP contribution in [0.2, 0.25) is 0 Å². The van der Waals surface area contributed by atoms with Crippen molar-refractivity contribution >= 4 is 16.2 Å². The SMILES string of the molecule is CC1CC(C)CN(S(=O)(=O)N2CCN(CC(=O)O)CC2)C1. The van der Waals surface area contributed by atoms with Crippen LogP contribution in [0.3, 0.4) is 0 Å². The van der Waals surface area contributed by atoms with Crippen molar-refractivity contribution in [1.29, 1.82) is 0 Å². The Labute approximate surface area is 126 Å². The lowest BCUT2D eigenvalue weighted by Gasteiger charge is -2.40. The molecule has 0 aromatic rings. The molecule has 0 bridgehead atoms. The molecule has 122 valence electrons. The summed E-state index contributed by atoms with van der Waals surface area (Å²) >= 11 is 0. The first-order valence-corrected chi connectivity index (χ1v) is 8.88. The van der Waals surface area contributed by atoms with Crippen LogP contribution in [0.25, 0.3) is 0 Å². The van der Waals surface area contributed by atoms with Gasteiger partial charge in [0.15, 0.2) is 0 Å². The predicted octanol–water partition coefficient (Wildman–Crippen LogP) is -0.0887. The first-order chi connectivity index (χ1) is 9.79. The monoisotopic (exact) mass is 319 g/mol. The van der Waals surface area contributed by atoms with Crippen LogP contribution in [0.4, 0.5) is 0 Å². The molecule has 21 heavy (non-hydrogen) atoms. The number of piperidine rings is 1. The molecule has 0 spiro atoms. The van der Waals surface area contributed by atoms with Gasteiger partial charge in [-0.1, -0.05) is 13.8 Å². The molecule has 0 amide bonds. The summed E-state index contributed by atoms with van der Waals surface area (Å²) in [4.78, 5) is 12.5. The molecule has 0 saturated carbocycles. The minimum atomic E-state index is -3.41. The lowest BCUT2D eigenvalue weighted by atomic mass is 9.94. The Balaban J connectivity index is 1.96. The summed E-state index contributed by atoms with van der Waals surface area (Å²) < 4.78 is 28.4. The largest absolute Gasteiger partial charge is 0.480 e. The van der Waals surface area contributed by atoms with Gasteiger partial charge in [0.1, 0.15) is 0 Å². The zero-order chi connectivity index (χ0) is 15.6. The summed E-state index contributed by atoms with van der Waals surface area (Å²) in [5, 5.41) is 8.77. The second-order valence-corrected chi connectivity index (χ2v) is 8.27. The molecule has 7 nitrogen and oxygen atoms in total. The number of carboxylic acids is 1. The van der Waals surface area contributed by atoms with E-state index in [0.717, 1.165) is 6.42 Å². The van der Waals surface area contributed by atoms with E-state index in [2.05, 4.69) is 13.8 Å². The van der Waals surface area contributed by atoms with E-state index in [9.17, 15) is 13.2 Å². The summed E-state index contributed by atoms with van der Waals surface area (Å²) in [5.41, 5.74) is 0. The van der Waals surface area contributed by atoms with Crippen LogP contribution in [-0.2, 0) is 15.0 Å². The van der Waals surface area contributed by atoms with Crippen molar-refractivity contribution in [1.82, 2.24) is 13.5 Å². The molecule has 2 aliphatic rings. The molecule has 2 atom stereocenters. The van der Waals surface area contributed by atoms with E-state index in [1.54, 1.807) is 9.21 Å². The zero-order valence-corrected chi connectivity index (χ0v) is 13.5. The van der Waals surface area contributed by atoms with E-state index in [4.69, 9.17) is 5.11 Å². The van der Waals surface area contributed by atoms with E-state index < -0.39 is 16.2 Å². The molecule has 1 N–H and O–H groups in total. The highest BCUT2D eigenvalue weighted by molar-refractivity contribution is 7.86. The van der Waals surface area contributed by atoms with Crippen LogP contribution < -0.4 is 0 Å². The fraction of sp³-hybridized carbons (Fsp3) is 0.923. The minimum Gasteiger partial charge on any atom is -0.480 e. The highest BCUT2D eigenvalue weighted by atomic mass is 32.2. The van der Waals surface area contributed by atoms with Crippen LogP contribution in [0.1, 0.15) is 20.3 Å². The molecule has 0 aliphatic carbocycles. The van der Waals surface area contributed by atoms with Gasteiger partial charge in [0.2, 0.25) is 0 Å². The number of nitrogens with zero attached hydrogens (tertiary/aromatic N) is 3. The molecule has 8 heteroatoms. The van der Waals surface area contributed by atoms with E-state index in [0.29, 0.717) is 51.1 Å². The molecule has 0 radical (unpaired) electrons. The molecular formula is C13H25N3O4S. The number of piperazine rings is 1. The molecule has 0 aromatic carbocycles. The Kier molecular flexibility index (Phi) is 5.24. The molecule has 2 rings (SSSR count). The molecule has 2 heterocycles. The van der Waals surface area contributed by atoms with Crippen molar-refractivity contribution < 1.29 is 18.3 Å². The molecule has 2 aliphatic heterocycles. The van der Waals surface area contributed by atoms with Crippen LogP contribution in [0, 0.1) is 11.8 Å². The zero-order valence-electron chi connectivity index (χ0n) is 12.7. The van der Waals surface area contributed by atoms with E-state index in [1.807, 2.05) is 0 Å². The van der Waals surface area contributed by atoms with Gasteiger partial charge in [-0.2, -0.15) is 17.0 Å². The Morgan fingerprint density at radius 3 is 2.05 bits per heavy atom. The molecule has 2 fully saturated rings. The first kappa shape index (κ1) is 16.7. The van der Waals surface area contributed by atoms with Crippen molar-refractivity contribution in [2.24, 2.45) is 11.8 Å². The Morgan fingerprint density at radius 1 is 1.05 bits per heavy atom. The van der Waals surface area contributed by atoms with Crippen molar-refractivity contribution in [3.63, 3.8) is 0 Å². The number of carbonyl (C=O) groups is 1. The van der Waals surface area contributed by atoms with Gasteiger partial charge in [0.05, 0.1) is 6.54 Å². The fourth-order valence-corrected chi connectivity index (χ4v) is 5.10. The molecule has 2 unspecified atom stereocenters. The smallest absolute Gasteiger partial charge is 0.317 e. The van der Waals surface area contributed by atoms with Gasteiger partial charge in [-0.25, -0.2) is 0 Å². The van der Waals surface area contributed by atoms with Gasteiger partial charge >= 0.3 is 5.97 Å². The molecular weight excluding hydrogens is 294 g/mol. The fourth-order valence-electron chi connectivity index (χ4n) is 3.27. The van der Waals surface area contributed by atoms with Crippen molar-refractivity contribution in [2.45, 2.75) is 20.3 Å². The maximum Gasteiger partial charge on any atom is 0.317 e. The normalized spacial score (nSPS) is 30.4. The average Bonchev–Trinajstić information content (AvgIpc) is 2.37. The highest BCUT2D eigenvalue weighted by Crippen LogP contribution is 2.25. The Morgan fingerprint density at radius 2 is 1.57 bits per heavy atom. The number of aliphatic carboxylic acids is 1. The number of hydrogen-bond acceptors (Lipinski definition) is 4. The van der Waals surface area contributed by atoms with E-state index in [-0.39, 0.29) is 6.54 Å². The quantitative estimate of drug-likeness (QED) is 0.783. The Bertz CT molecular complexity index is 464. The minimum absolute atomic E-state index is 0.0222. The third kappa shape index (κ3) is 4.15. The molecule has 2 saturated heterocycles. The second-order valence-electron chi connectivity index (χ2n) is 6.34. The van der Waals surface area contributed by atoms with Crippen LogP contribution in [0.15, 0.2) is 0 Å². The van der Waals surface area contributed by atoms with Gasteiger partial charge in [-0.3, -0.25) is 9.69 Å². The predicted molar refractivity (Wildman–Crippen MR) is 79.1 cm³/mol. The molecule has 0 aromatic heterocycles. The van der Waals surface area contributed by atoms with Gasteiger partial charge < -0.3 is 5.11 Å². The number of hydrogen-bond donors (Lipinski definition) is 1. The summed E-state index contributed by atoms with van der Waals surface area (Å²) in [6, 6.07) is 0. The standard InChI is InChI=1S/C13H25N3O4S/c1-11-7-12(2)9-16(8-11)21(19,20)15-5-3-14(4-6-15)10-13(17)18/h11-12H,3-10H2,1-2H3,(H,17,18). The van der Waals surface area contributed by atoms with E-state index in [1.165, 1.54) is 4.31 Å². The van der Waals surface area contributed by atoms with Gasteiger partial charge in [-0.05, 0) is 18.3 Å². The lowest BCUT2D eigenvalue weighted by Crippen LogP contribution is -2.55. The summed E-state index contributed by atoms with van der Waals surface area (Å²) in [7, 11) is -3.41. The topological polar surface area (TPSA) is 81.2 Å². The van der Waals surface area contributed by atoms with Crippen molar-refractivity contribution in [3.05, 3.63) is 0 Å². The lowest BCUT2D eigenvalue weighted by molar-refractivity contribution is -0.138.